The van der Waals surface area contributed by atoms with Crippen LogP contribution in [0.1, 0.15) is 11.4 Å². The Kier molecular flexibility index (Phi) is 6.80. The molecule has 0 bridgehead atoms. The highest BCUT2D eigenvalue weighted by atomic mass is 16.5. The number of para-hydroxylation sites is 1. The summed E-state index contributed by atoms with van der Waals surface area (Å²) >= 11 is 0. The van der Waals surface area contributed by atoms with E-state index in [4.69, 9.17) is 9.47 Å². The number of hydrogen-bond donors (Lipinski definition) is 1. The molecule has 1 amide bonds. The third-order valence-corrected chi connectivity index (χ3v) is 5.37. The Hall–Kier alpha value is -3.97. The van der Waals surface area contributed by atoms with Gasteiger partial charge in [-0.15, -0.1) is 0 Å². The van der Waals surface area contributed by atoms with Crippen molar-refractivity contribution in [3.8, 4) is 5.75 Å². The molecule has 1 aromatic heterocycles. The summed E-state index contributed by atoms with van der Waals surface area (Å²) in [6.07, 6.45) is 3.31. The molecule has 168 valence electrons. The lowest BCUT2D eigenvalue weighted by Gasteiger charge is -2.20. The summed E-state index contributed by atoms with van der Waals surface area (Å²) in [5, 5.41) is 2.63. The van der Waals surface area contributed by atoms with Crippen molar-refractivity contribution in [2.75, 3.05) is 27.4 Å². The van der Waals surface area contributed by atoms with Crippen LogP contribution in [0.15, 0.2) is 71.5 Å². The average molecular weight is 444 g/mol. The van der Waals surface area contributed by atoms with Crippen molar-refractivity contribution in [2.45, 2.75) is 6.54 Å². The smallest absolute Gasteiger partial charge is 0.258 e. The summed E-state index contributed by atoms with van der Waals surface area (Å²) in [7, 11) is 3.22. The standard InChI is InChI=1S/C26H25N3O4/c1-32-14-13-29(17-24-27-23-6-4-3-5-22(23)26(31)28-24)25(30)12-8-18-7-9-20-16-21(33-2)11-10-19(20)15-18/h3-12,15-16H,13-14,17H2,1-2H3,(H,27,28,31)/b12-8+. The second-order valence-electron chi connectivity index (χ2n) is 7.59. The monoisotopic (exact) mass is 443 g/mol. The molecule has 1 heterocycles. The predicted molar refractivity (Wildman–Crippen MR) is 129 cm³/mol. The van der Waals surface area contributed by atoms with Crippen molar-refractivity contribution in [1.82, 2.24) is 14.9 Å². The molecular formula is C26H25N3O4. The van der Waals surface area contributed by atoms with Gasteiger partial charge >= 0.3 is 0 Å². The van der Waals surface area contributed by atoms with Crippen LogP contribution in [0, 0.1) is 0 Å². The van der Waals surface area contributed by atoms with Crippen LogP contribution in [0.2, 0.25) is 0 Å². The summed E-state index contributed by atoms with van der Waals surface area (Å²) in [5.74, 6) is 1.03. The topological polar surface area (TPSA) is 84.5 Å². The van der Waals surface area contributed by atoms with E-state index in [9.17, 15) is 9.59 Å². The molecule has 4 rings (SSSR count). The van der Waals surface area contributed by atoms with E-state index in [0.717, 1.165) is 22.1 Å². The van der Waals surface area contributed by atoms with E-state index in [1.54, 1.807) is 43.4 Å². The molecule has 1 N–H and O–H groups in total. The van der Waals surface area contributed by atoms with Gasteiger partial charge in [-0.05, 0) is 52.7 Å². The molecule has 0 atom stereocenters. The molecular weight excluding hydrogens is 418 g/mol. The number of H-pyrrole nitrogens is 1. The van der Waals surface area contributed by atoms with Gasteiger partial charge in [0.1, 0.15) is 11.6 Å². The molecule has 0 unspecified atom stereocenters. The lowest BCUT2D eigenvalue weighted by Crippen LogP contribution is -2.33. The lowest BCUT2D eigenvalue weighted by molar-refractivity contribution is -0.127. The summed E-state index contributed by atoms with van der Waals surface area (Å²) in [5.41, 5.74) is 1.28. The lowest BCUT2D eigenvalue weighted by atomic mass is 10.1. The number of benzene rings is 3. The van der Waals surface area contributed by atoms with Crippen LogP contribution in [0.25, 0.3) is 27.8 Å². The van der Waals surface area contributed by atoms with Gasteiger partial charge in [0, 0.05) is 19.7 Å². The molecule has 3 aromatic carbocycles. The Bertz CT molecular complexity index is 1380. The van der Waals surface area contributed by atoms with Crippen LogP contribution in [0.3, 0.4) is 0 Å². The second kappa shape index (κ2) is 10.1. The van der Waals surface area contributed by atoms with Gasteiger partial charge in [0.05, 0.1) is 31.2 Å². The van der Waals surface area contributed by atoms with Crippen molar-refractivity contribution in [1.29, 1.82) is 0 Å². The van der Waals surface area contributed by atoms with Crippen molar-refractivity contribution < 1.29 is 14.3 Å². The number of ether oxygens (including phenoxy) is 2. The van der Waals surface area contributed by atoms with Crippen molar-refractivity contribution >= 4 is 33.7 Å². The van der Waals surface area contributed by atoms with E-state index in [0.29, 0.717) is 29.9 Å². The molecule has 0 spiro atoms. The van der Waals surface area contributed by atoms with Crippen LogP contribution in [-0.2, 0) is 16.1 Å². The number of nitrogens with zero attached hydrogens (tertiary/aromatic N) is 2. The predicted octanol–water partition coefficient (Wildman–Crippen LogP) is 3.77. The number of carbonyl (C=O) groups is 1. The maximum absolute atomic E-state index is 13.0. The number of nitrogens with one attached hydrogen (secondary N) is 1. The normalized spacial score (nSPS) is 11.3. The molecule has 0 aliphatic carbocycles. The van der Waals surface area contributed by atoms with Gasteiger partial charge in [-0.1, -0.05) is 30.3 Å². The zero-order valence-corrected chi connectivity index (χ0v) is 18.6. The van der Waals surface area contributed by atoms with Gasteiger partial charge in [0.25, 0.3) is 5.56 Å². The summed E-state index contributed by atoms with van der Waals surface area (Å²) in [6.45, 7) is 0.910. The maximum Gasteiger partial charge on any atom is 0.258 e. The minimum absolute atomic E-state index is 0.171. The average Bonchev–Trinajstić information content (AvgIpc) is 2.84. The van der Waals surface area contributed by atoms with Crippen molar-refractivity contribution in [3.63, 3.8) is 0 Å². The highest BCUT2D eigenvalue weighted by Gasteiger charge is 2.14. The van der Waals surface area contributed by atoms with Gasteiger partial charge in [0.15, 0.2) is 0 Å². The highest BCUT2D eigenvalue weighted by molar-refractivity contribution is 5.93. The van der Waals surface area contributed by atoms with Gasteiger partial charge in [-0.2, -0.15) is 0 Å². The Labute approximate surface area is 191 Å². The largest absolute Gasteiger partial charge is 0.497 e. The first-order valence-electron chi connectivity index (χ1n) is 10.6. The first-order chi connectivity index (χ1) is 16.1. The molecule has 0 saturated heterocycles. The Balaban J connectivity index is 1.54. The summed E-state index contributed by atoms with van der Waals surface area (Å²) in [4.78, 5) is 34.2. The van der Waals surface area contributed by atoms with Gasteiger partial charge in [-0.3, -0.25) is 9.59 Å². The van der Waals surface area contributed by atoms with Crippen LogP contribution in [-0.4, -0.2) is 48.1 Å². The number of amides is 1. The van der Waals surface area contributed by atoms with E-state index in [2.05, 4.69) is 9.97 Å². The summed E-state index contributed by atoms with van der Waals surface area (Å²) < 4.78 is 10.4. The van der Waals surface area contributed by atoms with Crippen LogP contribution in [0.4, 0.5) is 0 Å². The van der Waals surface area contributed by atoms with Gasteiger partial charge in [-0.25, -0.2) is 4.98 Å². The number of aromatic amines is 1. The van der Waals surface area contributed by atoms with Gasteiger partial charge in [0.2, 0.25) is 5.91 Å². The maximum atomic E-state index is 13.0. The molecule has 7 nitrogen and oxygen atoms in total. The number of rotatable bonds is 8. The van der Waals surface area contributed by atoms with E-state index < -0.39 is 0 Å². The molecule has 0 aliphatic rings. The molecule has 0 saturated carbocycles. The quantitative estimate of drug-likeness (QED) is 0.419. The van der Waals surface area contributed by atoms with Crippen LogP contribution < -0.4 is 10.3 Å². The molecule has 0 fully saturated rings. The Morgan fingerprint density at radius 2 is 1.85 bits per heavy atom. The number of hydrogen-bond acceptors (Lipinski definition) is 5. The third kappa shape index (κ3) is 5.27. The zero-order valence-electron chi connectivity index (χ0n) is 18.6. The second-order valence-corrected chi connectivity index (χ2v) is 7.59. The number of methoxy groups -OCH3 is 2. The number of fused-ring (bicyclic) bond motifs is 2. The van der Waals surface area contributed by atoms with E-state index in [-0.39, 0.29) is 18.0 Å². The first kappa shape index (κ1) is 22.2. The molecule has 0 aliphatic heterocycles. The van der Waals surface area contributed by atoms with E-state index in [1.165, 1.54) is 6.08 Å². The highest BCUT2D eigenvalue weighted by Crippen LogP contribution is 2.22. The van der Waals surface area contributed by atoms with Gasteiger partial charge < -0.3 is 19.4 Å². The molecule has 7 heteroatoms. The third-order valence-electron chi connectivity index (χ3n) is 5.37. The minimum Gasteiger partial charge on any atom is -0.497 e. The minimum atomic E-state index is -0.224. The Morgan fingerprint density at radius 3 is 2.67 bits per heavy atom. The molecule has 33 heavy (non-hydrogen) atoms. The fourth-order valence-corrected chi connectivity index (χ4v) is 3.61. The number of aromatic nitrogens is 2. The van der Waals surface area contributed by atoms with Crippen LogP contribution in [0.5, 0.6) is 5.75 Å². The van der Waals surface area contributed by atoms with Crippen LogP contribution >= 0.6 is 0 Å². The zero-order chi connectivity index (χ0) is 23.2. The SMILES string of the molecule is COCCN(Cc1nc2ccccc2c(=O)[nH]1)C(=O)/C=C/c1ccc2cc(OC)ccc2c1. The van der Waals surface area contributed by atoms with E-state index in [1.807, 2.05) is 42.5 Å². The summed E-state index contributed by atoms with van der Waals surface area (Å²) in [6, 6.07) is 19.0. The fraction of sp³-hybridized carbons (Fsp3) is 0.192. The Morgan fingerprint density at radius 1 is 1.06 bits per heavy atom. The molecule has 4 aromatic rings. The first-order valence-corrected chi connectivity index (χ1v) is 10.6. The van der Waals surface area contributed by atoms with Crippen molar-refractivity contribution in [2.24, 2.45) is 0 Å². The van der Waals surface area contributed by atoms with E-state index >= 15 is 0 Å². The fourth-order valence-electron chi connectivity index (χ4n) is 3.61. The molecule has 0 radical (unpaired) electrons. The van der Waals surface area contributed by atoms with Crippen molar-refractivity contribution in [3.05, 3.63) is 88.5 Å². The number of carbonyl (C=O) groups excluding carboxylic acids is 1.